The molecular weight excluding hydrogens is 304 g/mol. The van der Waals surface area contributed by atoms with Crippen LogP contribution in [0.15, 0.2) is 35.7 Å². The van der Waals surface area contributed by atoms with Gasteiger partial charge in [0.15, 0.2) is 0 Å². The number of nitrogens with zero attached hydrogens (tertiary/aromatic N) is 2. The van der Waals surface area contributed by atoms with Crippen molar-refractivity contribution in [3.63, 3.8) is 0 Å². The van der Waals surface area contributed by atoms with Gasteiger partial charge in [-0.3, -0.25) is 15.2 Å². The van der Waals surface area contributed by atoms with E-state index < -0.39 is 16.8 Å². The van der Waals surface area contributed by atoms with Gasteiger partial charge in [0.2, 0.25) is 11.8 Å². The Morgan fingerprint density at radius 3 is 2.91 bits per heavy atom. The van der Waals surface area contributed by atoms with Crippen molar-refractivity contribution in [3.8, 4) is 5.88 Å². The third kappa shape index (κ3) is 2.27. The van der Waals surface area contributed by atoms with Crippen LogP contribution in [0.5, 0.6) is 5.88 Å². The fraction of sp³-hybridized carbons (Fsp3) is 0.143. The minimum atomic E-state index is -1.26. The molecule has 1 aliphatic rings. The quantitative estimate of drug-likeness (QED) is 0.573. The first-order valence-corrected chi connectivity index (χ1v) is 6.60. The molecule has 2 aromatic rings. The second-order valence-corrected chi connectivity index (χ2v) is 5.04. The summed E-state index contributed by atoms with van der Waals surface area (Å²) < 4.78 is 5.26. The van der Waals surface area contributed by atoms with Gasteiger partial charge in [-0.15, -0.1) is 5.10 Å². The Morgan fingerprint density at radius 2 is 2.26 bits per heavy atom. The number of nitrogens with two attached hydrogens (primary N) is 1. The fourth-order valence-corrected chi connectivity index (χ4v) is 2.66. The minimum absolute atomic E-state index is 0.139. The largest absolute Gasteiger partial charge is 0.478 e. The fourth-order valence-electron chi connectivity index (χ4n) is 2.66. The van der Waals surface area contributed by atoms with Crippen molar-refractivity contribution in [1.29, 1.82) is 0 Å². The van der Waals surface area contributed by atoms with E-state index in [4.69, 9.17) is 10.5 Å². The predicted molar refractivity (Wildman–Crippen MR) is 77.7 cm³/mol. The Morgan fingerprint density at radius 1 is 1.52 bits per heavy atom. The van der Waals surface area contributed by atoms with E-state index in [1.54, 1.807) is 13.0 Å². The van der Waals surface area contributed by atoms with Gasteiger partial charge in [-0.25, -0.2) is 4.79 Å². The number of aromatic amines is 1. The van der Waals surface area contributed by atoms with Gasteiger partial charge in [0.25, 0.3) is 5.69 Å². The summed E-state index contributed by atoms with van der Waals surface area (Å²) in [6, 6.07) is 5.75. The lowest BCUT2D eigenvalue weighted by Crippen LogP contribution is -2.26. The molecule has 2 heterocycles. The van der Waals surface area contributed by atoms with Gasteiger partial charge in [0, 0.05) is 23.4 Å². The van der Waals surface area contributed by atoms with Gasteiger partial charge in [-0.05, 0) is 12.5 Å². The summed E-state index contributed by atoms with van der Waals surface area (Å²) in [5.41, 5.74) is 6.92. The first kappa shape index (κ1) is 14.6. The number of nitro benzene ring substituents is 1. The summed E-state index contributed by atoms with van der Waals surface area (Å²) in [5, 5.41) is 27.1. The smallest absolute Gasteiger partial charge is 0.337 e. The molecule has 0 aliphatic carbocycles. The normalized spacial score (nSPS) is 16.7. The van der Waals surface area contributed by atoms with Crippen LogP contribution < -0.4 is 10.5 Å². The summed E-state index contributed by atoms with van der Waals surface area (Å²) in [4.78, 5) is 22.1. The number of aromatic nitrogens is 2. The second kappa shape index (κ2) is 5.13. The van der Waals surface area contributed by atoms with Crippen LogP contribution in [0.1, 0.15) is 22.7 Å². The van der Waals surface area contributed by atoms with E-state index in [0.29, 0.717) is 16.8 Å². The first-order valence-electron chi connectivity index (χ1n) is 6.60. The predicted octanol–water partition coefficient (Wildman–Crippen LogP) is 1.41. The average Bonchev–Trinajstić information content (AvgIpc) is 2.86. The standard InChI is InChI=1S/C14H12N4O5/c1-6-9-10(7-3-2-4-8(5-7)18(21)22)11(14(19)20)12(15)23-13(9)17-16-6/h2-5,10H,15H2,1H3,(H,16,17)(H,19,20). The summed E-state index contributed by atoms with van der Waals surface area (Å²) in [6.07, 6.45) is 0. The van der Waals surface area contributed by atoms with Gasteiger partial charge >= 0.3 is 5.97 Å². The van der Waals surface area contributed by atoms with Crippen LogP contribution in [-0.4, -0.2) is 26.2 Å². The van der Waals surface area contributed by atoms with E-state index in [1.165, 1.54) is 18.2 Å². The van der Waals surface area contributed by atoms with Crippen molar-refractivity contribution in [2.75, 3.05) is 0 Å². The molecule has 1 unspecified atom stereocenters. The van der Waals surface area contributed by atoms with Gasteiger partial charge < -0.3 is 15.6 Å². The highest BCUT2D eigenvalue weighted by atomic mass is 16.6. The molecule has 3 rings (SSSR count). The number of hydrogen-bond donors (Lipinski definition) is 3. The maximum absolute atomic E-state index is 11.6. The Hall–Kier alpha value is -3.36. The average molecular weight is 316 g/mol. The lowest BCUT2D eigenvalue weighted by Gasteiger charge is -2.24. The van der Waals surface area contributed by atoms with Crippen LogP contribution >= 0.6 is 0 Å². The maximum Gasteiger partial charge on any atom is 0.337 e. The molecule has 0 saturated carbocycles. The summed E-state index contributed by atoms with van der Waals surface area (Å²) >= 11 is 0. The second-order valence-electron chi connectivity index (χ2n) is 5.04. The third-order valence-electron chi connectivity index (χ3n) is 3.65. The van der Waals surface area contributed by atoms with Gasteiger partial charge in [-0.1, -0.05) is 12.1 Å². The number of carboxylic acid groups (broad SMARTS) is 1. The Labute approximate surface area is 129 Å². The monoisotopic (exact) mass is 316 g/mol. The van der Waals surface area contributed by atoms with E-state index in [2.05, 4.69) is 10.2 Å². The Kier molecular flexibility index (Phi) is 3.25. The van der Waals surface area contributed by atoms with Crippen molar-refractivity contribution in [1.82, 2.24) is 10.2 Å². The zero-order valence-electron chi connectivity index (χ0n) is 11.9. The molecule has 1 aliphatic heterocycles. The van der Waals surface area contributed by atoms with Crippen molar-refractivity contribution in [2.45, 2.75) is 12.8 Å². The molecule has 1 atom stereocenters. The van der Waals surface area contributed by atoms with Crippen molar-refractivity contribution < 1.29 is 19.6 Å². The SMILES string of the molecule is Cc1[nH]nc2c1C(c1cccc([N+](=O)[O-])c1)C(C(=O)O)=C(N)O2. The van der Waals surface area contributed by atoms with Crippen LogP contribution in [0.2, 0.25) is 0 Å². The van der Waals surface area contributed by atoms with Gasteiger partial charge in [0.1, 0.15) is 5.57 Å². The number of rotatable bonds is 3. The molecule has 0 spiro atoms. The number of aryl methyl sites for hydroxylation is 1. The van der Waals surface area contributed by atoms with Crippen molar-refractivity contribution in [2.24, 2.45) is 5.73 Å². The number of carboxylic acids is 1. The zero-order valence-corrected chi connectivity index (χ0v) is 11.9. The molecule has 1 aromatic carbocycles. The van der Waals surface area contributed by atoms with Crippen LogP contribution in [0.4, 0.5) is 5.69 Å². The molecular formula is C14H12N4O5. The van der Waals surface area contributed by atoms with Gasteiger partial charge in [-0.2, -0.15) is 0 Å². The number of nitrogens with one attached hydrogen (secondary N) is 1. The number of aliphatic carboxylic acids is 1. The molecule has 0 fully saturated rings. The van der Waals surface area contributed by atoms with E-state index in [1.807, 2.05) is 0 Å². The molecule has 0 amide bonds. The lowest BCUT2D eigenvalue weighted by atomic mass is 9.83. The molecule has 0 saturated heterocycles. The van der Waals surface area contributed by atoms with Crippen LogP contribution in [-0.2, 0) is 4.79 Å². The topological polar surface area (TPSA) is 144 Å². The van der Waals surface area contributed by atoms with Crippen molar-refractivity contribution in [3.05, 3.63) is 62.7 Å². The number of hydrogen-bond acceptors (Lipinski definition) is 6. The molecule has 9 nitrogen and oxygen atoms in total. The van der Waals surface area contributed by atoms with Crippen LogP contribution in [0, 0.1) is 17.0 Å². The molecule has 23 heavy (non-hydrogen) atoms. The zero-order chi connectivity index (χ0) is 16.7. The first-order chi connectivity index (χ1) is 10.9. The highest BCUT2D eigenvalue weighted by molar-refractivity contribution is 5.91. The van der Waals surface area contributed by atoms with E-state index in [0.717, 1.165) is 0 Å². The summed E-state index contributed by atoms with van der Waals surface area (Å²) in [6.45, 7) is 1.71. The van der Waals surface area contributed by atoms with E-state index in [9.17, 15) is 20.0 Å². The number of non-ortho nitro benzene ring substituents is 1. The molecule has 9 heteroatoms. The van der Waals surface area contributed by atoms with Crippen LogP contribution in [0.25, 0.3) is 0 Å². The maximum atomic E-state index is 11.6. The number of H-pyrrole nitrogens is 1. The Balaban J connectivity index is 2.25. The molecule has 118 valence electrons. The lowest BCUT2D eigenvalue weighted by molar-refractivity contribution is -0.384. The molecule has 0 bridgehead atoms. The highest BCUT2D eigenvalue weighted by Gasteiger charge is 2.37. The minimum Gasteiger partial charge on any atom is -0.478 e. The van der Waals surface area contributed by atoms with Gasteiger partial charge in [0.05, 0.1) is 10.8 Å². The number of carbonyl (C=O) groups is 1. The number of ether oxygens (including phenoxy) is 1. The summed E-state index contributed by atoms with van der Waals surface area (Å²) in [7, 11) is 0. The van der Waals surface area contributed by atoms with Crippen LogP contribution in [0.3, 0.4) is 0 Å². The van der Waals surface area contributed by atoms with Crippen molar-refractivity contribution >= 4 is 11.7 Å². The third-order valence-corrected chi connectivity index (χ3v) is 3.65. The highest BCUT2D eigenvalue weighted by Crippen LogP contribution is 2.43. The molecule has 0 radical (unpaired) electrons. The summed E-state index contributed by atoms with van der Waals surface area (Å²) in [5.74, 6) is -2.19. The number of fused-ring (bicyclic) bond motifs is 1. The molecule has 4 N–H and O–H groups in total. The number of nitro groups is 1. The van der Waals surface area contributed by atoms with E-state index in [-0.39, 0.29) is 23.0 Å². The Bertz CT molecular complexity index is 855. The molecule has 1 aromatic heterocycles. The number of benzene rings is 1. The van der Waals surface area contributed by atoms with E-state index >= 15 is 0 Å².